The van der Waals surface area contributed by atoms with Crippen LogP contribution in [0.4, 0.5) is 11.4 Å². The summed E-state index contributed by atoms with van der Waals surface area (Å²) in [4.78, 5) is 22.1. The van der Waals surface area contributed by atoms with Gasteiger partial charge in [-0.3, -0.25) is 14.6 Å². The van der Waals surface area contributed by atoms with Gasteiger partial charge in [0.25, 0.3) is 5.91 Å². The predicted octanol–water partition coefficient (Wildman–Crippen LogP) is 4.45. The van der Waals surface area contributed by atoms with Crippen molar-refractivity contribution in [1.29, 1.82) is 0 Å². The van der Waals surface area contributed by atoms with E-state index in [4.69, 9.17) is 0 Å². The minimum Gasteiger partial charge on any atom is -0.293 e. The lowest BCUT2D eigenvalue weighted by molar-refractivity contribution is -0.112. The zero-order chi connectivity index (χ0) is 18.1. The number of benzene rings is 2. The minimum atomic E-state index is 0.00276. The summed E-state index contributed by atoms with van der Waals surface area (Å²) in [5, 5.41) is 0. The van der Waals surface area contributed by atoms with Crippen molar-refractivity contribution in [2.24, 2.45) is 10.9 Å². The summed E-state index contributed by atoms with van der Waals surface area (Å²) in [6.45, 7) is 5.04. The normalized spacial score (nSPS) is 22.1. The van der Waals surface area contributed by atoms with Crippen molar-refractivity contribution in [3.05, 3.63) is 57.7 Å². The average Bonchev–Trinajstić information content (AvgIpc) is 2.90. The van der Waals surface area contributed by atoms with Crippen molar-refractivity contribution in [1.82, 2.24) is 4.90 Å². The SMILES string of the molecule is CC1CCCN(CN2C(=O)C(=Nc3ccc(I)cc3)c3ccccc32)C1. The van der Waals surface area contributed by atoms with Crippen LogP contribution in [-0.4, -0.2) is 36.3 Å². The molecule has 1 atom stereocenters. The molecule has 2 aliphatic rings. The molecule has 5 heteroatoms. The molecule has 1 fully saturated rings. The van der Waals surface area contributed by atoms with Gasteiger partial charge in [-0.1, -0.05) is 25.1 Å². The number of amides is 1. The number of anilines is 1. The zero-order valence-electron chi connectivity index (χ0n) is 14.9. The number of hydrogen-bond donors (Lipinski definition) is 0. The second-order valence-corrected chi connectivity index (χ2v) is 8.40. The van der Waals surface area contributed by atoms with Gasteiger partial charge in [-0.25, -0.2) is 4.99 Å². The van der Waals surface area contributed by atoms with E-state index in [9.17, 15) is 4.79 Å². The van der Waals surface area contributed by atoms with Gasteiger partial charge in [0.1, 0.15) is 5.71 Å². The molecule has 0 N–H and O–H groups in total. The first-order valence-corrected chi connectivity index (χ1v) is 10.2. The lowest BCUT2D eigenvalue weighted by atomic mass is 10.0. The molecule has 4 nitrogen and oxygen atoms in total. The standard InChI is InChI=1S/C21H22IN3O/c1-15-5-4-12-24(13-15)14-25-19-7-3-2-6-18(19)20(21(25)26)23-17-10-8-16(22)9-11-17/h2-3,6-11,15H,4-5,12-14H2,1H3. The molecule has 0 saturated carbocycles. The number of halogens is 1. The third kappa shape index (κ3) is 3.55. The Morgan fingerprint density at radius 2 is 1.92 bits per heavy atom. The quantitative estimate of drug-likeness (QED) is 0.637. The Labute approximate surface area is 168 Å². The highest BCUT2D eigenvalue weighted by molar-refractivity contribution is 14.1. The molecule has 0 aliphatic carbocycles. The lowest BCUT2D eigenvalue weighted by Crippen LogP contribution is -2.45. The number of hydrogen-bond acceptors (Lipinski definition) is 3. The number of piperidine rings is 1. The largest absolute Gasteiger partial charge is 0.293 e. The summed E-state index contributed by atoms with van der Waals surface area (Å²) in [5.74, 6) is 0.694. The minimum absolute atomic E-state index is 0.00276. The summed E-state index contributed by atoms with van der Waals surface area (Å²) in [7, 11) is 0. The van der Waals surface area contributed by atoms with E-state index in [0.717, 1.165) is 33.6 Å². The van der Waals surface area contributed by atoms with E-state index in [0.29, 0.717) is 18.3 Å². The summed E-state index contributed by atoms with van der Waals surface area (Å²) in [6.07, 6.45) is 2.48. The first-order valence-electron chi connectivity index (χ1n) is 9.10. The summed E-state index contributed by atoms with van der Waals surface area (Å²) < 4.78 is 1.16. The maximum atomic E-state index is 13.2. The van der Waals surface area contributed by atoms with E-state index < -0.39 is 0 Å². The van der Waals surface area contributed by atoms with E-state index in [-0.39, 0.29) is 5.91 Å². The molecule has 0 spiro atoms. The van der Waals surface area contributed by atoms with Crippen molar-refractivity contribution < 1.29 is 4.79 Å². The Morgan fingerprint density at radius 3 is 2.69 bits per heavy atom. The van der Waals surface area contributed by atoms with Gasteiger partial charge in [0.2, 0.25) is 0 Å². The predicted molar refractivity (Wildman–Crippen MR) is 114 cm³/mol. The Kier molecular flexibility index (Phi) is 5.09. The topological polar surface area (TPSA) is 35.9 Å². The number of rotatable bonds is 3. The van der Waals surface area contributed by atoms with Crippen molar-refractivity contribution in [3.63, 3.8) is 0 Å². The third-order valence-electron chi connectivity index (χ3n) is 5.05. The molecule has 0 aromatic heterocycles. The Bertz CT molecular complexity index is 847. The van der Waals surface area contributed by atoms with Crippen molar-refractivity contribution in [3.8, 4) is 0 Å². The van der Waals surface area contributed by atoms with Gasteiger partial charge in [0, 0.05) is 15.7 Å². The van der Waals surface area contributed by atoms with E-state index in [1.165, 1.54) is 12.8 Å². The van der Waals surface area contributed by atoms with Crippen LogP contribution in [0.2, 0.25) is 0 Å². The van der Waals surface area contributed by atoms with Crippen molar-refractivity contribution in [2.45, 2.75) is 19.8 Å². The van der Waals surface area contributed by atoms with Gasteiger partial charge >= 0.3 is 0 Å². The molecule has 2 aromatic rings. The smallest absolute Gasteiger partial charge is 0.278 e. The molecule has 0 bridgehead atoms. The molecule has 134 valence electrons. The maximum Gasteiger partial charge on any atom is 0.278 e. The van der Waals surface area contributed by atoms with Crippen LogP contribution in [0, 0.1) is 9.49 Å². The number of likely N-dealkylation sites (tertiary alicyclic amines) is 1. The molecule has 1 unspecified atom stereocenters. The van der Waals surface area contributed by atoms with E-state index in [1.807, 2.05) is 53.4 Å². The highest BCUT2D eigenvalue weighted by Crippen LogP contribution is 2.31. The molecule has 2 heterocycles. The highest BCUT2D eigenvalue weighted by Gasteiger charge is 2.35. The molecular formula is C21H22IN3O. The van der Waals surface area contributed by atoms with Crippen LogP contribution in [0.15, 0.2) is 53.5 Å². The molecule has 0 radical (unpaired) electrons. The van der Waals surface area contributed by atoms with Gasteiger partial charge < -0.3 is 0 Å². The van der Waals surface area contributed by atoms with Crippen LogP contribution >= 0.6 is 22.6 Å². The van der Waals surface area contributed by atoms with Crippen molar-refractivity contribution >= 4 is 45.6 Å². The second kappa shape index (κ2) is 7.48. The van der Waals surface area contributed by atoms with Crippen LogP contribution < -0.4 is 4.90 Å². The summed E-state index contributed by atoms with van der Waals surface area (Å²) >= 11 is 2.27. The number of carbonyl (C=O) groups excluding carboxylic acids is 1. The van der Waals surface area contributed by atoms with E-state index in [1.54, 1.807) is 0 Å². The Hall–Kier alpha value is -1.73. The van der Waals surface area contributed by atoms with E-state index in [2.05, 4.69) is 39.4 Å². The summed E-state index contributed by atoms with van der Waals surface area (Å²) in [6, 6.07) is 15.9. The van der Waals surface area contributed by atoms with Gasteiger partial charge in [-0.05, 0) is 78.2 Å². The summed E-state index contributed by atoms with van der Waals surface area (Å²) in [5.41, 5.74) is 3.27. The monoisotopic (exact) mass is 459 g/mol. The molecule has 2 aromatic carbocycles. The van der Waals surface area contributed by atoms with Crippen molar-refractivity contribution in [2.75, 3.05) is 24.7 Å². The number of para-hydroxylation sites is 1. The van der Waals surface area contributed by atoms with Crippen LogP contribution in [0.5, 0.6) is 0 Å². The zero-order valence-corrected chi connectivity index (χ0v) is 17.0. The molecule has 2 aliphatic heterocycles. The molecule has 1 saturated heterocycles. The van der Waals surface area contributed by atoms with Gasteiger partial charge in [0.05, 0.1) is 18.0 Å². The maximum absolute atomic E-state index is 13.2. The Morgan fingerprint density at radius 1 is 1.15 bits per heavy atom. The van der Waals surface area contributed by atoms with Gasteiger partial charge in [-0.15, -0.1) is 0 Å². The first kappa shape index (κ1) is 17.7. The first-order chi connectivity index (χ1) is 12.6. The fourth-order valence-electron chi connectivity index (χ4n) is 3.77. The average molecular weight is 459 g/mol. The fraction of sp³-hybridized carbons (Fsp3) is 0.333. The van der Waals surface area contributed by atoms with Crippen LogP contribution in [0.25, 0.3) is 0 Å². The number of fused-ring (bicyclic) bond motifs is 1. The number of nitrogens with zero attached hydrogens (tertiary/aromatic N) is 3. The lowest BCUT2D eigenvalue weighted by Gasteiger charge is -2.33. The highest BCUT2D eigenvalue weighted by atomic mass is 127. The third-order valence-corrected chi connectivity index (χ3v) is 5.77. The second-order valence-electron chi connectivity index (χ2n) is 7.15. The molecule has 26 heavy (non-hydrogen) atoms. The molecule has 1 amide bonds. The fourth-order valence-corrected chi connectivity index (χ4v) is 4.13. The van der Waals surface area contributed by atoms with E-state index >= 15 is 0 Å². The number of aliphatic imine (C=N–C) groups is 1. The van der Waals surface area contributed by atoms with Crippen LogP contribution in [0.3, 0.4) is 0 Å². The van der Waals surface area contributed by atoms with Crippen LogP contribution in [-0.2, 0) is 4.79 Å². The number of carbonyl (C=O) groups is 1. The van der Waals surface area contributed by atoms with Crippen LogP contribution in [0.1, 0.15) is 25.3 Å². The van der Waals surface area contributed by atoms with Gasteiger partial charge in [-0.2, -0.15) is 0 Å². The molecular weight excluding hydrogens is 437 g/mol. The Balaban J connectivity index is 1.65. The van der Waals surface area contributed by atoms with Gasteiger partial charge in [0.15, 0.2) is 0 Å². The molecule has 4 rings (SSSR count).